The zero-order valence-corrected chi connectivity index (χ0v) is 17.0. The number of hydrogen-bond donors (Lipinski definition) is 1. The van der Waals surface area contributed by atoms with Crippen molar-refractivity contribution in [2.24, 2.45) is 5.92 Å². The van der Waals surface area contributed by atoms with Gasteiger partial charge in [0.05, 0.1) is 17.5 Å². The Labute approximate surface area is 159 Å². The van der Waals surface area contributed by atoms with Crippen LogP contribution in [0.4, 0.5) is 0 Å². The number of aryl methyl sites for hydroxylation is 1. The number of rotatable bonds is 7. The minimum absolute atomic E-state index is 0.0215. The molecule has 25 heavy (non-hydrogen) atoms. The van der Waals surface area contributed by atoms with Crippen LogP contribution in [0.15, 0.2) is 29.4 Å². The molecule has 2 rings (SSSR count). The monoisotopic (exact) mass is 379 g/mol. The molecule has 0 radical (unpaired) electrons. The summed E-state index contributed by atoms with van der Waals surface area (Å²) in [4.78, 5) is 16.9. The molecule has 0 saturated carbocycles. The smallest absolute Gasteiger partial charge is 0.230 e. The molecule has 1 aromatic heterocycles. The molecular weight excluding hydrogens is 354 g/mol. The number of hydrogen-bond acceptors (Lipinski definition) is 3. The summed E-state index contributed by atoms with van der Waals surface area (Å²) in [6.07, 6.45) is 0. The van der Waals surface area contributed by atoms with E-state index >= 15 is 0 Å². The van der Waals surface area contributed by atoms with Crippen LogP contribution in [0.2, 0.25) is 5.02 Å². The highest BCUT2D eigenvalue weighted by molar-refractivity contribution is 7.99. The fraction of sp³-hybridized carbons (Fsp3) is 0.474. The third-order valence-electron chi connectivity index (χ3n) is 4.05. The molecule has 1 atom stereocenters. The molecule has 0 saturated heterocycles. The van der Waals surface area contributed by atoms with E-state index in [-0.39, 0.29) is 11.9 Å². The van der Waals surface area contributed by atoms with Crippen molar-refractivity contribution in [3.8, 4) is 0 Å². The molecule has 1 amide bonds. The highest BCUT2D eigenvalue weighted by atomic mass is 35.5. The molecule has 6 heteroatoms. The van der Waals surface area contributed by atoms with E-state index in [2.05, 4.69) is 35.6 Å². The van der Waals surface area contributed by atoms with Gasteiger partial charge in [0.1, 0.15) is 0 Å². The second kappa shape index (κ2) is 8.77. The minimum Gasteiger partial charge on any atom is -0.349 e. The predicted octanol–water partition coefficient (Wildman–Crippen LogP) is 4.78. The molecule has 0 aliphatic carbocycles. The summed E-state index contributed by atoms with van der Waals surface area (Å²) in [7, 11) is 0. The Morgan fingerprint density at radius 2 is 1.96 bits per heavy atom. The topological polar surface area (TPSA) is 46.9 Å². The Balaban J connectivity index is 1.98. The second-order valence-electron chi connectivity index (χ2n) is 6.67. The van der Waals surface area contributed by atoms with Crippen LogP contribution in [0, 0.1) is 19.8 Å². The number of nitrogens with one attached hydrogen (secondary N) is 1. The van der Waals surface area contributed by atoms with Crippen molar-refractivity contribution in [2.75, 3.05) is 5.75 Å². The number of carbonyl (C=O) groups is 1. The van der Waals surface area contributed by atoms with Crippen LogP contribution >= 0.6 is 23.4 Å². The molecule has 136 valence electrons. The van der Waals surface area contributed by atoms with Gasteiger partial charge in [-0.15, -0.1) is 0 Å². The standard InChI is InChI=1S/C19H26ClN3OS/c1-12(2)10-23-15(5)13(3)22-19(23)25-11-18(24)21-14(4)16-8-6-7-9-17(16)20/h6-9,12,14H,10-11H2,1-5H3,(H,21,24). The largest absolute Gasteiger partial charge is 0.349 e. The van der Waals surface area contributed by atoms with Gasteiger partial charge in [0.15, 0.2) is 5.16 Å². The van der Waals surface area contributed by atoms with Crippen LogP contribution in [0.3, 0.4) is 0 Å². The van der Waals surface area contributed by atoms with Gasteiger partial charge in [-0.2, -0.15) is 0 Å². The van der Waals surface area contributed by atoms with Crippen molar-refractivity contribution in [1.29, 1.82) is 0 Å². The molecule has 0 bridgehead atoms. The van der Waals surface area contributed by atoms with Gasteiger partial charge in [-0.1, -0.05) is 55.4 Å². The van der Waals surface area contributed by atoms with Crippen molar-refractivity contribution in [2.45, 2.75) is 52.4 Å². The maximum atomic E-state index is 12.3. The van der Waals surface area contributed by atoms with Crippen molar-refractivity contribution in [3.05, 3.63) is 46.2 Å². The van der Waals surface area contributed by atoms with Crippen molar-refractivity contribution in [1.82, 2.24) is 14.9 Å². The molecule has 1 aromatic carbocycles. The number of benzene rings is 1. The van der Waals surface area contributed by atoms with Gasteiger partial charge < -0.3 is 9.88 Å². The summed E-state index contributed by atoms with van der Waals surface area (Å²) in [5.41, 5.74) is 3.12. The van der Waals surface area contributed by atoms with E-state index in [9.17, 15) is 4.79 Å². The Morgan fingerprint density at radius 1 is 1.28 bits per heavy atom. The van der Waals surface area contributed by atoms with Gasteiger partial charge in [-0.3, -0.25) is 4.79 Å². The van der Waals surface area contributed by atoms with Gasteiger partial charge in [-0.25, -0.2) is 4.98 Å². The quantitative estimate of drug-likeness (QED) is 0.704. The van der Waals surface area contributed by atoms with Gasteiger partial charge >= 0.3 is 0 Å². The minimum atomic E-state index is -0.124. The van der Waals surface area contributed by atoms with E-state index in [1.54, 1.807) is 0 Å². The lowest BCUT2D eigenvalue weighted by Gasteiger charge is -2.16. The van der Waals surface area contributed by atoms with E-state index in [0.717, 1.165) is 23.0 Å². The Bertz CT molecular complexity index is 742. The molecular formula is C19H26ClN3OS. The Hall–Kier alpha value is -1.46. The molecule has 2 aromatic rings. The lowest BCUT2D eigenvalue weighted by Crippen LogP contribution is -2.28. The number of aromatic nitrogens is 2. The van der Waals surface area contributed by atoms with Crippen LogP contribution in [0.25, 0.3) is 0 Å². The summed E-state index contributed by atoms with van der Waals surface area (Å²) < 4.78 is 2.20. The summed E-state index contributed by atoms with van der Waals surface area (Å²) in [5, 5.41) is 4.58. The van der Waals surface area contributed by atoms with Gasteiger partial charge in [0.25, 0.3) is 0 Å². The van der Waals surface area contributed by atoms with Gasteiger partial charge in [0.2, 0.25) is 5.91 Å². The fourth-order valence-electron chi connectivity index (χ4n) is 2.63. The van der Waals surface area contributed by atoms with E-state index in [1.165, 1.54) is 17.5 Å². The first-order valence-electron chi connectivity index (χ1n) is 8.50. The summed E-state index contributed by atoms with van der Waals surface area (Å²) >= 11 is 7.68. The molecule has 1 heterocycles. The number of halogens is 1. The second-order valence-corrected chi connectivity index (χ2v) is 8.02. The van der Waals surface area contributed by atoms with Crippen LogP contribution in [-0.4, -0.2) is 21.2 Å². The number of imidazole rings is 1. The maximum absolute atomic E-state index is 12.3. The predicted molar refractivity (Wildman–Crippen MR) is 105 cm³/mol. The summed E-state index contributed by atoms with van der Waals surface area (Å²) in [6.45, 7) is 11.3. The number of thioether (sulfide) groups is 1. The van der Waals surface area contributed by atoms with Crippen LogP contribution in [-0.2, 0) is 11.3 Å². The number of amides is 1. The molecule has 0 fully saturated rings. The Morgan fingerprint density at radius 3 is 2.60 bits per heavy atom. The van der Waals surface area contributed by atoms with Gasteiger partial charge in [0, 0.05) is 17.3 Å². The highest BCUT2D eigenvalue weighted by Gasteiger charge is 2.16. The lowest BCUT2D eigenvalue weighted by atomic mass is 10.1. The third kappa shape index (κ3) is 5.25. The first-order valence-corrected chi connectivity index (χ1v) is 9.86. The lowest BCUT2D eigenvalue weighted by molar-refractivity contribution is -0.119. The van der Waals surface area contributed by atoms with Crippen LogP contribution in [0.5, 0.6) is 0 Å². The molecule has 0 aliphatic rings. The number of nitrogens with zero attached hydrogens (tertiary/aromatic N) is 2. The normalized spacial score (nSPS) is 12.4. The number of carbonyl (C=O) groups excluding carboxylic acids is 1. The Kier molecular flexibility index (Phi) is 6.96. The average Bonchev–Trinajstić information content (AvgIpc) is 2.80. The van der Waals surface area contributed by atoms with E-state index in [0.29, 0.717) is 16.7 Å². The van der Waals surface area contributed by atoms with Crippen molar-refractivity contribution >= 4 is 29.3 Å². The van der Waals surface area contributed by atoms with Crippen LogP contribution in [0.1, 0.15) is 43.8 Å². The third-order valence-corrected chi connectivity index (χ3v) is 5.37. The summed E-state index contributed by atoms with van der Waals surface area (Å²) in [6, 6.07) is 7.45. The van der Waals surface area contributed by atoms with Crippen molar-refractivity contribution in [3.63, 3.8) is 0 Å². The molecule has 0 aliphatic heterocycles. The summed E-state index contributed by atoms with van der Waals surface area (Å²) in [5.74, 6) is 0.843. The van der Waals surface area contributed by atoms with E-state index in [4.69, 9.17) is 11.6 Å². The fourth-order valence-corrected chi connectivity index (χ4v) is 3.84. The van der Waals surface area contributed by atoms with Crippen LogP contribution < -0.4 is 5.32 Å². The average molecular weight is 380 g/mol. The zero-order chi connectivity index (χ0) is 18.6. The first-order chi connectivity index (χ1) is 11.8. The zero-order valence-electron chi connectivity index (χ0n) is 15.5. The molecule has 1 unspecified atom stereocenters. The highest BCUT2D eigenvalue weighted by Crippen LogP contribution is 2.24. The van der Waals surface area contributed by atoms with Gasteiger partial charge in [-0.05, 0) is 38.3 Å². The molecule has 1 N–H and O–H groups in total. The molecule has 0 spiro atoms. The SMILES string of the molecule is Cc1nc(SCC(=O)NC(C)c2ccccc2Cl)n(CC(C)C)c1C. The maximum Gasteiger partial charge on any atom is 0.230 e. The molecule has 4 nitrogen and oxygen atoms in total. The van der Waals surface area contributed by atoms with E-state index < -0.39 is 0 Å². The first kappa shape index (κ1) is 19.9. The van der Waals surface area contributed by atoms with E-state index in [1.807, 2.05) is 38.1 Å². The van der Waals surface area contributed by atoms with Crippen molar-refractivity contribution < 1.29 is 4.79 Å².